The molecule has 0 radical (unpaired) electrons. The summed E-state index contributed by atoms with van der Waals surface area (Å²) in [5, 5.41) is -0.452. The molecule has 9 heteroatoms. The van der Waals surface area contributed by atoms with E-state index in [1.54, 1.807) is 0 Å². The topological polar surface area (TPSA) is 46.2 Å². The van der Waals surface area contributed by atoms with Crippen molar-refractivity contribution in [2.45, 2.75) is 11.1 Å². The number of halogens is 5. The van der Waals surface area contributed by atoms with E-state index in [0.29, 0.717) is 0 Å². The first kappa shape index (κ1) is 16.6. The van der Waals surface area contributed by atoms with Gasteiger partial charge in [-0.2, -0.15) is 13.2 Å². The average Bonchev–Trinajstić information content (AvgIpc) is 2.40. The van der Waals surface area contributed by atoms with Gasteiger partial charge in [0.1, 0.15) is 5.82 Å². The van der Waals surface area contributed by atoms with Crippen LogP contribution in [0.1, 0.15) is 5.56 Å². The van der Waals surface area contributed by atoms with Crippen molar-refractivity contribution in [2.75, 3.05) is 4.72 Å². The second-order valence-electron chi connectivity index (χ2n) is 4.22. The van der Waals surface area contributed by atoms with Gasteiger partial charge in [-0.1, -0.05) is 23.7 Å². The first-order chi connectivity index (χ1) is 10.1. The second-order valence-corrected chi connectivity index (χ2v) is 6.31. The van der Waals surface area contributed by atoms with E-state index < -0.39 is 43.2 Å². The van der Waals surface area contributed by atoms with Gasteiger partial charge in [0.15, 0.2) is 0 Å². The molecule has 0 aliphatic carbocycles. The minimum atomic E-state index is -4.72. The van der Waals surface area contributed by atoms with Gasteiger partial charge in [-0.25, -0.2) is 12.8 Å². The van der Waals surface area contributed by atoms with Gasteiger partial charge in [0.25, 0.3) is 10.0 Å². The van der Waals surface area contributed by atoms with Crippen LogP contribution in [0.2, 0.25) is 5.02 Å². The largest absolute Gasteiger partial charge is 0.418 e. The van der Waals surface area contributed by atoms with Crippen LogP contribution in [0.4, 0.5) is 23.2 Å². The molecule has 118 valence electrons. The van der Waals surface area contributed by atoms with Crippen molar-refractivity contribution in [3.63, 3.8) is 0 Å². The lowest BCUT2D eigenvalue weighted by Crippen LogP contribution is -2.17. The van der Waals surface area contributed by atoms with E-state index in [4.69, 9.17) is 11.6 Å². The minimum absolute atomic E-state index is 0.448. The molecule has 0 atom stereocenters. The van der Waals surface area contributed by atoms with E-state index in [9.17, 15) is 26.0 Å². The van der Waals surface area contributed by atoms with Crippen LogP contribution in [0.3, 0.4) is 0 Å². The Morgan fingerprint density at radius 2 is 1.68 bits per heavy atom. The molecule has 2 aromatic rings. The second kappa shape index (κ2) is 5.77. The van der Waals surface area contributed by atoms with Gasteiger partial charge in [0.05, 0.1) is 21.2 Å². The van der Waals surface area contributed by atoms with Crippen molar-refractivity contribution in [1.82, 2.24) is 0 Å². The first-order valence-corrected chi connectivity index (χ1v) is 7.61. The summed E-state index contributed by atoms with van der Waals surface area (Å²) in [5.41, 5.74) is -1.76. The molecular formula is C13H8ClF4NO2S. The van der Waals surface area contributed by atoms with Gasteiger partial charge in [0.2, 0.25) is 0 Å². The fourth-order valence-corrected chi connectivity index (χ4v) is 3.02. The lowest BCUT2D eigenvalue weighted by atomic mass is 10.2. The fourth-order valence-electron chi connectivity index (χ4n) is 1.67. The van der Waals surface area contributed by atoms with Crippen LogP contribution < -0.4 is 4.72 Å². The molecule has 0 aliphatic heterocycles. The monoisotopic (exact) mass is 353 g/mol. The van der Waals surface area contributed by atoms with Crippen molar-refractivity contribution < 1.29 is 26.0 Å². The highest BCUT2D eigenvalue weighted by Crippen LogP contribution is 2.35. The van der Waals surface area contributed by atoms with E-state index in [1.165, 1.54) is 6.07 Å². The summed E-state index contributed by atoms with van der Waals surface area (Å²) in [5.74, 6) is -0.837. The maximum absolute atomic E-state index is 13.0. The maximum Gasteiger partial charge on any atom is 0.418 e. The zero-order valence-electron chi connectivity index (χ0n) is 10.7. The summed E-state index contributed by atoms with van der Waals surface area (Å²) in [6.45, 7) is 0. The SMILES string of the molecule is O=S(=O)(Nc1ccccc1C(F)(F)F)c1ccc(F)c(Cl)c1. The normalized spacial score (nSPS) is 12.2. The predicted molar refractivity (Wildman–Crippen MR) is 73.7 cm³/mol. The Morgan fingerprint density at radius 1 is 1.05 bits per heavy atom. The highest BCUT2D eigenvalue weighted by molar-refractivity contribution is 7.92. The summed E-state index contributed by atoms with van der Waals surface area (Å²) in [6.07, 6.45) is -4.72. The molecule has 0 bridgehead atoms. The number of nitrogens with one attached hydrogen (secondary N) is 1. The molecule has 2 rings (SSSR count). The highest BCUT2D eigenvalue weighted by Gasteiger charge is 2.34. The number of sulfonamides is 1. The third-order valence-electron chi connectivity index (χ3n) is 2.68. The molecule has 22 heavy (non-hydrogen) atoms. The molecule has 2 aromatic carbocycles. The number of alkyl halides is 3. The number of anilines is 1. The van der Waals surface area contributed by atoms with Gasteiger partial charge in [-0.05, 0) is 30.3 Å². The van der Waals surface area contributed by atoms with Crippen LogP contribution in [0.15, 0.2) is 47.4 Å². The first-order valence-electron chi connectivity index (χ1n) is 5.75. The molecule has 0 saturated heterocycles. The Balaban J connectivity index is 2.44. The minimum Gasteiger partial charge on any atom is -0.279 e. The molecule has 0 aromatic heterocycles. The molecule has 0 fully saturated rings. The number of rotatable bonds is 3. The van der Waals surface area contributed by atoms with E-state index in [2.05, 4.69) is 0 Å². The molecule has 0 spiro atoms. The summed E-state index contributed by atoms with van der Waals surface area (Å²) in [4.78, 5) is -0.448. The van der Waals surface area contributed by atoms with Crippen molar-refractivity contribution in [2.24, 2.45) is 0 Å². The molecule has 0 amide bonds. The molecular weight excluding hydrogens is 346 g/mol. The van der Waals surface area contributed by atoms with Crippen LogP contribution in [0, 0.1) is 5.82 Å². The summed E-state index contributed by atoms with van der Waals surface area (Å²) >= 11 is 5.48. The van der Waals surface area contributed by atoms with Crippen LogP contribution in [-0.2, 0) is 16.2 Å². The lowest BCUT2D eigenvalue weighted by molar-refractivity contribution is -0.136. The molecule has 3 nitrogen and oxygen atoms in total. The third-order valence-corrected chi connectivity index (χ3v) is 4.33. The van der Waals surface area contributed by atoms with Gasteiger partial charge < -0.3 is 0 Å². The van der Waals surface area contributed by atoms with Gasteiger partial charge in [-0.3, -0.25) is 4.72 Å². The van der Waals surface area contributed by atoms with Gasteiger partial charge in [-0.15, -0.1) is 0 Å². The number of para-hydroxylation sites is 1. The van der Waals surface area contributed by atoms with Crippen molar-refractivity contribution in [3.8, 4) is 0 Å². The zero-order chi connectivity index (χ0) is 16.5. The molecule has 0 unspecified atom stereocenters. The number of hydrogen-bond donors (Lipinski definition) is 1. The molecule has 0 heterocycles. The molecule has 1 N–H and O–H groups in total. The Bertz CT molecular complexity index is 806. The Morgan fingerprint density at radius 3 is 2.27 bits per heavy atom. The summed E-state index contributed by atoms with van der Waals surface area (Å²) in [7, 11) is -4.34. The smallest absolute Gasteiger partial charge is 0.279 e. The fraction of sp³-hybridized carbons (Fsp3) is 0.0769. The van der Waals surface area contributed by atoms with Crippen molar-refractivity contribution in [1.29, 1.82) is 0 Å². The van der Waals surface area contributed by atoms with Crippen molar-refractivity contribution >= 4 is 27.3 Å². The van der Waals surface area contributed by atoms with Crippen LogP contribution >= 0.6 is 11.6 Å². The summed E-state index contributed by atoms with van der Waals surface area (Å²) in [6, 6.07) is 6.64. The van der Waals surface area contributed by atoms with E-state index in [-0.39, 0.29) is 0 Å². The Hall–Kier alpha value is -1.80. The van der Waals surface area contributed by atoms with Crippen LogP contribution in [-0.4, -0.2) is 8.42 Å². The van der Waals surface area contributed by atoms with Gasteiger partial charge in [0, 0.05) is 0 Å². The maximum atomic E-state index is 13.0. The molecule has 0 aliphatic rings. The Labute approximate surface area is 128 Å². The zero-order valence-corrected chi connectivity index (χ0v) is 12.2. The highest BCUT2D eigenvalue weighted by atomic mass is 35.5. The predicted octanol–water partition coefficient (Wildman–Crippen LogP) is 4.30. The van der Waals surface area contributed by atoms with E-state index >= 15 is 0 Å². The average molecular weight is 354 g/mol. The standard InChI is InChI=1S/C13H8ClF4NO2S/c14-10-7-8(5-6-11(10)15)22(20,21)19-12-4-2-1-3-9(12)13(16,17)18/h1-7,19H. The Kier molecular flexibility index (Phi) is 4.35. The number of hydrogen-bond acceptors (Lipinski definition) is 2. The quantitative estimate of drug-likeness (QED) is 0.836. The van der Waals surface area contributed by atoms with Crippen LogP contribution in [0.5, 0.6) is 0 Å². The van der Waals surface area contributed by atoms with Gasteiger partial charge >= 0.3 is 6.18 Å². The van der Waals surface area contributed by atoms with E-state index in [1.807, 2.05) is 4.72 Å². The third kappa shape index (κ3) is 3.50. The summed E-state index contributed by atoms with van der Waals surface area (Å²) < 4.78 is 77.5. The van der Waals surface area contributed by atoms with Crippen LogP contribution in [0.25, 0.3) is 0 Å². The van der Waals surface area contributed by atoms with Crippen molar-refractivity contribution in [3.05, 3.63) is 58.9 Å². The number of benzene rings is 2. The molecule has 0 saturated carbocycles. The van der Waals surface area contributed by atoms with E-state index in [0.717, 1.165) is 36.4 Å². The lowest BCUT2D eigenvalue weighted by Gasteiger charge is -2.14.